The van der Waals surface area contributed by atoms with E-state index in [2.05, 4.69) is 9.98 Å². The first-order valence-electron chi connectivity index (χ1n) is 9.52. The Hall–Kier alpha value is -4.00. The molecule has 158 valence electrons. The van der Waals surface area contributed by atoms with Gasteiger partial charge in [0.25, 0.3) is 0 Å². The lowest BCUT2D eigenvalue weighted by atomic mass is 10.0. The van der Waals surface area contributed by atoms with Crippen molar-refractivity contribution >= 4 is 23.6 Å². The van der Waals surface area contributed by atoms with Crippen molar-refractivity contribution in [3.63, 3.8) is 0 Å². The van der Waals surface area contributed by atoms with Crippen molar-refractivity contribution < 1.29 is 23.8 Å². The normalized spacial score (nSPS) is 11.8. The third-order valence-electron chi connectivity index (χ3n) is 4.40. The molecule has 7 heteroatoms. The Labute approximate surface area is 179 Å². The largest absolute Gasteiger partial charge is 0.506 e. The summed E-state index contributed by atoms with van der Waals surface area (Å²) in [6, 6.07) is 14.6. The number of aliphatic hydroxyl groups excluding tert-OH is 1. The van der Waals surface area contributed by atoms with Crippen molar-refractivity contribution in [3.8, 4) is 16.9 Å². The Morgan fingerprint density at radius 3 is 2.42 bits per heavy atom. The minimum Gasteiger partial charge on any atom is -0.506 e. The number of nitrogens with zero attached hydrogens (tertiary/aromatic N) is 2. The number of aromatic nitrogens is 1. The average Bonchev–Trinajstić information content (AvgIpc) is 2.80. The molecular formula is C24H21FN2O4. The summed E-state index contributed by atoms with van der Waals surface area (Å²) in [4.78, 5) is 20.5. The molecule has 0 aliphatic heterocycles. The van der Waals surface area contributed by atoms with Crippen molar-refractivity contribution in [1.29, 1.82) is 0 Å². The van der Waals surface area contributed by atoms with E-state index >= 15 is 0 Å². The molecule has 0 saturated heterocycles. The van der Waals surface area contributed by atoms with E-state index in [1.54, 1.807) is 68.9 Å². The summed E-state index contributed by atoms with van der Waals surface area (Å²) in [5.41, 5.74) is 1.51. The number of benzene rings is 2. The van der Waals surface area contributed by atoms with Gasteiger partial charge in [0.1, 0.15) is 22.9 Å². The molecule has 0 bridgehead atoms. The van der Waals surface area contributed by atoms with Crippen LogP contribution in [0.4, 0.5) is 10.1 Å². The molecule has 0 amide bonds. The van der Waals surface area contributed by atoms with Crippen LogP contribution in [0.5, 0.6) is 5.75 Å². The van der Waals surface area contributed by atoms with E-state index < -0.39 is 17.5 Å². The Bertz CT molecular complexity index is 1110. The van der Waals surface area contributed by atoms with Crippen LogP contribution in [0.2, 0.25) is 0 Å². The van der Waals surface area contributed by atoms with Crippen LogP contribution in [-0.2, 0) is 9.53 Å². The van der Waals surface area contributed by atoms with Gasteiger partial charge < -0.3 is 14.6 Å². The molecule has 0 spiro atoms. The molecule has 2 aromatic carbocycles. The van der Waals surface area contributed by atoms with Crippen molar-refractivity contribution in [1.82, 2.24) is 4.98 Å². The van der Waals surface area contributed by atoms with Crippen LogP contribution in [0.3, 0.4) is 0 Å². The summed E-state index contributed by atoms with van der Waals surface area (Å²) >= 11 is 0. The maximum atomic E-state index is 14.8. The SMILES string of the molecule is CCOC(=O)/C(C=Nc1ccc(OC)cc1)=C(/O)c1ccc(-c2ccncc2)cc1F. The van der Waals surface area contributed by atoms with Gasteiger partial charge in [-0.25, -0.2) is 9.18 Å². The molecule has 0 fully saturated rings. The topological polar surface area (TPSA) is 81.0 Å². The second-order valence-corrected chi connectivity index (χ2v) is 6.37. The zero-order valence-corrected chi connectivity index (χ0v) is 17.1. The van der Waals surface area contributed by atoms with E-state index in [0.29, 0.717) is 17.0 Å². The maximum Gasteiger partial charge on any atom is 0.343 e. The highest BCUT2D eigenvalue weighted by molar-refractivity contribution is 6.15. The molecule has 6 nitrogen and oxygen atoms in total. The van der Waals surface area contributed by atoms with E-state index in [0.717, 1.165) is 11.8 Å². The van der Waals surface area contributed by atoms with Crippen LogP contribution in [0.25, 0.3) is 16.9 Å². The molecule has 31 heavy (non-hydrogen) atoms. The van der Waals surface area contributed by atoms with Gasteiger partial charge in [0, 0.05) is 18.6 Å². The zero-order valence-electron chi connectivity index (χ0n) is 17.1. The number of esters is 1. The number of aliphatic imine (C=N–C) groups is 1. The van der Waals surface area contributed by atoms with Gasteiger partial charge in [-0.2, -0.15) is 0 Å². The monoisotopic (exact) mass is 420 g/mol. The molecule has 1 heterocycles. The first-order valence-corrected chi connectivity index (χ1v) is 9.52. The molecule has 3 aromatic rings. The number of carbonyl (C=O) groups excluding carboxylic acids is 1. The number of pyridine rings is 1. The Kier molecular flexibility index (Phi) is 7.11. The summed E-state index contributed by atoms with van der Waals surface area (Å²) in [6.45, 7) is 1.73. The summed E-state index contributed by atoms with van der Waals surface area (Å²) in [5, 5.41) is 10.7. The summed E-state index contributed by atoms with van der Waals surface area (Å²) < 4.78 is 24.9. The van der Waals surface area contributed by atoms with Gasteiger partial charge in [0.2, 0.25) is 0 Å². The Morgan fingerprint density at radius 2 is 1.81 bits per heavy atom. The average molecular weight is 420 g/mol. The first kappa shape index (κ1) is 21.7. The maximum absolute atomic E-state index is 14.8. The van der Waals surface area contributed by atoms with Crippen molar-refractivity contribution in [2.45, 2.75) is 6.92 Å². The van der Waals surface area contributed by atoms with E-state index in [-0.39, 0.29) is 17.7 Å². The fraction of sp³-hybridized carbons (Fsp3) is 0.125. The molecule has 0 radical (unpaired) electrons. The first-order chi connectivity index (χ1) is 15.0. The van der Waals surface area contributed by atoms with Gasteiger partial charge in [0.05, 0.1) is 25.0 Å². The fourth-order valence-electron chi connectivity index (χ4n) is 2.80. The molecule has 1 aromatic heterocycles. The highest BCUT2D eigenvalue weighted by atomic mass is 19.1. The van der Waals surface area contributed by atoms with E-state index in [9.17, 15) is 14.3 Å². The van der Waals surface area contributed by atoms with Gasteiger partial charge in [-0.1, -0.05) is 6.07 Å². The van der Waals surface area contributed by atoms with Crippen LogP contribution in [0.1, 0.15) is 12.5 Å². The third kappa shape index (κ3) is 5.33. The van der Waals surface area contributed by atoms with E-state index in [4.69, 9.17) is 9.47 Å². The lowest BCUT2D eigenvalue weighted by Gasteiger charge is -2.09. The summed E-state index contributed by atoms with van der Waals surface area (Å²) in [5.74, 6) is -1.41. The van der Waals surface area contributed by atoms with Gasteiger partial charge in [-0.05, 0) is 66.6 Å². The van der Waals surface area contributed by atoms with Crippen LogP contribution in [-0.4, -0.2) is 36.0 Å². The van der Waals surface area contributed by atoms with Crippen LogP contribution < -0.4 is 4.74 Å². The van der Waals surface area contributed by atoms with Gasteiger partial charge >= 0.3 is 5.97 Å². The predicted molar refractivity (Wildman–Crippen MR) is 117 cm³/mol. The van der Waals surface area contributed by atoms with Gasteiger partial charge in [-0.15, -0.1) is 0 Å². The highest BCUT2D eigenvalue weighted by Crippen LogP contribution is 2.26. The Morgan fingerprint density at radius 1 is 1.10 bits per heavy atom. The molecule has 0 aliphatic carbocycles. The molecule has 0 aliphatic rings. The molecule has 1 N–H and O–H groups in total. The van der Waals surface area contributed by atoms with Crippen molar-refractivity contribution in [2.24, 2.45) is 4.99 Å². The Balaban J connectivity index is 1.99. The fourth-order valence-corrected chi connectivity index (χ4v) is 2.80. The molecule has 3 rings (SSSR count). The molecule has 0 unspecified atom stereocenters. The minimum absolute atomic E-state index is 0.0927. The third-order valence-corrected chi connectivity index (χ3v) is 4.40. The lowest BCUT2D eigenvalue weighted by molar-refractivity contribution is -0.137. The van der Waals surface area contributed by atoms with E-state index in [1.807, 2.05) is 0 Å². The number of hydrogen-bond acceptors (Lipinski definition) is 6. The predicted octanol–water partition coefficient (Wildman–Crippen LogP) is 5.13. The number of hydrogen-bond donors (Lipinski definition) is 1. The number of carbonyl (C=O) groups is 1. The molecule has 0 saturated carbocycles. The van der Waals surface area contributed by atoms with Crippen LogP contribution in [0.15, 0.2) is 77.6 Å². The second-order valence-electron chi connectivity index (χ2n) is 6.37. The smallest absolute Gasteiger partial charge is 0.343 e. The quantitative estimate of drug-likeness (QED) is 0.248. The highest BCUT2D eigenvalue weighted by Gasteiger charge is 2.19. The van der Waals surface area contributed by atoms with Gasteiger partial charge in [0.15, 0.2) is 0 Å². The van der Waals surface area contributed by atoms with Crippen LogP contribution in [0, 0.1) is 5.82 Å². The number of ether oxygens (including phenoxy) is 2. The van der Waals surface area contributed by atoms with Gasteiger partial charge in [-0.3, -0.25) is 9.98 Å². The minimum atomic E-state index is -0.810. The number of rotatable bonds is 7. The molecule has 0 atom stereocenters. The summed E-state index contributed by atoms with van der Waals surface area (Å²) in [6.07, 6.45) is 4.37. The van der Waals surface area contributed by atoms with Crippen molar-refractivity contribution in [2.75, 3.05) is 13.7 Å². The van der Waals surface area contributed by atoms with E-state index in [1.165, 1.54) is 12.1 Å². The lowest BCUT2D eigenvalue weighted by Crippen LogP contribution is -2.11. The number of halogens is 1. The molecular weight excluding hydrogens is 399 g/mol. The number of methoxy groups -OCH3 is 1. The zero-order chi connectivity index (χ0) is 22.2. The summed E-state index contributed by atoms with van der Waals surface area (Å²) in [7, 11) is 1.55. The van der Waals surface area contributed by atoms with Crippen molar-refractivity contribution in [3.05, 3.63) is 83.9 Å². The second kappa shape index (κ2) is 10.2. The number of aliphatic hydroxyl groups is 1. The standard InChI is InChI=1S/C24H21FN2O4/c1-3-31-24(29)21(15-27-18-5-7-19(30-2)8-6-18)23(28)20-9-4-17(14-22(20)25)16-10-12-26-13-11-16/h4-15,28H,3H2,1-2H3/b23-21+,27-15?. The van der Waals surface area contributed by atoms with Crippen LogP contribution >= 0.6 is 0 Å².